The number of aromatic hydroxyl groups is 1. The molecule has 1 saturated heterocycles. The molecule has 3 aromatic carbocycles. The lowest BCUT2D eigenvalue weighted by molar-refractivity contribution is 0.104. The van der Waals surface area contributed by atoms with E-state index in [9.17, 15) is 14.3 Å². The highest BCUT2D eigenvalue weighted by atomic mass is 32.1. The molecule has 5 nitrogen and oxygen atoms in total. The maximum atomic E-state index is 13.6. The van der Waals surface area contributed by atoms with Gasteiger partial charge in [0.1, 0.15) is 34.0 Å². The van der Waals surface area contributed by atoms with Gasteiger partial charge in [-0.1, -0.05) is 13.3 Å². The minimum absolute atomic E-state index is 0.110. The van der Waals surface area contributed by atoms with Crippen LogP contribution >= 0.6 is 11.3 Å². The molecular weight excluding hydrogens is 489 g/mol. The first kappa shape index (κ1) is 25.2. The molecule has 4 aromatic rings. The van der Waals surface area contributed by atoms with Crippen LogP contribution in [0.2, 0.25) is 0 Å². The quantitative estimate of drug-likeness (QED) is 0.235. The molecule has 0 bridgehead atoms. The number of ketones is 1. The zero-order valence-electron chi connectivity index (χ0n) is 21.0. The number of carbonyl (C=O) groups is 1. The van der Waals surface area contributed by atoms with E-state index in [-0.39, 0.29) is 23.5 Å². The lowest BCUT2D eigenvalue weighted by atomic mass is 10.0. The molecule has 1 fully saturated rings. The van der Waals surface area contributed by atoms with Gasteiger partial charge in [0.05, 0.1) is 0 Å². The van der Waals surface area contributed by atoms with Crippen molar-refractivity contribution < 1.29 is 23.8 Å². The molecule has 0 saturated carbocycles. The second-order valence-electron chi connectivity index (χ2n) is 9.49. The average Bonchev–Trinajstić information content (AvgIpc) is 3.47. The summed E-state index contributed by atoms with van der Waals surface area (Å²) in [6.07, 6.45) is 3.60. The zero-order chi connectivity index (χ0) is 25.9. The van der Waals surface area contributed by atoms with Gasteiger partial charge in [-0.2, -0.15) is 0 Å². The number of rotatable bonds is 9. The number of halogens is 1. The van der Waals surface area contributed by atoms with Crippen molar-refractivity contribution in [2.24, 2.45) is 0 Å². The number of benzene rings is 3. The number of hydrogen-bond donors (Lipinski definition) is 1. The van der Waals surface area contributed by atoms with Crippen LogP contribution in [0.25, 0.3) is 10.1 Å². The third-order valence-electron chi connectivity index (χ3n) is 6.67. The lowest BCUT2D eigenvalue weighted by Gasteiger charge is -2.16. The maximum absolute atomic E-state index is 13.6. The van der Waals surface area contributed by atoms with Crippen molar-refractivity contribution in [2.45, 2.75) is 39.2 Å². The number of aryl methyl sites for hydroxylation is 1. The predicted octanol–water partition coefficient (Wildman–Crippen LogP) is 7.33. The number of nitrogens with zero attached hydrogens (tertiary/aromatic N) is 1. The van der Waals surface area contributed by atoms with Crippen LogP contribution in [0, 0.1) is 12.7 Å². The number of fused-ring (bicyclic) bond motifs is 1. The largest absolute Gasteiger partial charge is 0.508 e. The molecule has 0 amide bonds. The summed E-state index contributed by atoms with van der Waals surface area (Å²) in [6.45, 7) is 7.05. The van der Waals surface area contributed by atoms with E-state index in [1.807, 2.05) is 24.3 Å². The Morgan fingerprint density at radius 3 is 2.65 bits per heavy atom. The highest BCUT2D eigenvalue weighted by Gasteiger charge is 2.25. The second-order valence-corrected chi connectivity index (χ2v) is 10.5. The van der Waals surface area contributed by atoms with E-state index in [1.165, 1.54) is 42.4 Å². The van der Waals surface area contributed by atoms with Gasteiger partial charge >= 0.3 is 0 Å². The highest BCUT2D eigenvalue weighted by Crippen LogP contribution is 2.43. The van der Waals surface area contributed by atoms with Crippen LogP contribution in [0.5, 0.6) is 23.0 Å². The van der Waals surface area contributed by atoms with Crippen LogP contribution in [0.1, 0.15) is 47.0 Å². The molecule has 1 N–H and O–H groups in total. The van der Waals surface area contributed by atoms with Gasteiger partial charge in [-0.15, -0.1) is 11.3 Å². The van der Waals surface area contributed by atoms with E-state index in [0.29, 0.717) is 27.5 Å². The SMILES string of the molecule is CCCCN1CC[C@H](Oc2ccc(Oc3c(C(=O)c4ccc(F)cc4C)sc4cc(O)ccc34)cc2)C1. The third-order valence-corrected chi connectivity index (χ3v) is 7.80. The first-order chi connectivity index (χ1) is 17.9. The average molecular weight is 520 g/mol. The Morgan fingerprint density at radius 1 is 1.11 bits per heavy atom. The molecule has 37 heavy (non-hydrogen) atoms. The zero-order valence-corrected chi connectivity index (χ0v) is 21.8. The number of ether oxygens (including phenoxy) is 2. The molecule has 2 heterocycles. The van der Waals surface area contributed by atoms with E-state index in [2.05, 4.69) is 11.8 Å². The summed E-state index contributed by atoms with van der Waals surface area (Å²) in [5.41, 5.74) is 0.966. The molecule has 0 spiro atoms. The standard InChI is InChI=1S/C30H30FNO4S/c1-3-4-14-32-15-13-24(18-32)35-22-7-9-23(10-8-22)36-29-26-12-6-21(33)17-27(26)37-30(29)28(34)25-11-5-20(31)16-19(25)2/h5-12,16-17,24,33H,3-4,13-15,18H2,1-2H3/t24-/m0/s1. The number of phenolic OH excluding ortho intramolecular Hbond substituents is 1. The Morgan fingerprint density at radius 2 is 1.89 bits per heavy atom. The van der Waals surface area contributed by atoms with Crippen molar-refractivity contribution in [3.63, 3.8) is 0 Å². The Bertz CT molecular complexity index is 1420. The summed E-state index contributed by atoms with van der Waals surface area (Å²) in [5.74, 6) is 1.25. The summed E-state index contributed by atoms with van der Waals surface area (Å²) >= 11 is 1.25. The summed E-state index contributed by atoms with van der Waals surface area (Å²) in [4.78, 5) is 16.4. The number of carbonyl (C=O) groups excluding carboxylic acids is 1. The van der Waals surface area contributed by atoms with Gasteiger partial charge in [-0.25, -0.2) is 4.39 Å². The normalized spacial score (nSPS) is 15.8. The minimum Gasteiger partial charge on any atom is -0.508 e. The van der Waals surface area contributed by atoms with Gasteiger partial charge in [0.25, 0.3) is 0 Å². The lowest BCUT2D eigenvalue weighted by Crippen LogP contribution is -2.25. The maximum Gasteiger partial charge on any atom is 0.207 e. The molecule has 1 aliphatic rings. The van der Waals surface area contributed by atoms with Gasteiger partial charge < -0.3 is 14.6 Å². The summed E-state index contributed by atoms with van der Waals surface area (Å²) in [6, 6.07) is 16.5. The molecule has 1 aliphatic heterocycles. The Labute approximate surface area is 220 Å². The number of phenols is 1. The molecule has 7 heteroatoms. The first-order valence-corrected chi connectivity index (χ1v) is 13.5. The van der Waals surface area contributed by atoms with Crippen LogP contribution in [-0.2, 0) is 0 Å². The van der Waals surface area contributed by atoms with E-state index in [1.54, 1.807) is 25.1 Å². The summed E-state index contributed by atoms with van der Waals surface area (Å²) in [7, 11) is 0. The van der Waals surface area contributed by atoms with E-state index >= 15 is 0 Å². The van der Waals surface area contributed by atoms with Crippen molar-refractivity contribution >= 4 is 27.2 Å². The van der Waals surface area contributed by atoms with Crippen molar-refractivity contribution in [3.05, 3.63) is 82.5 Å². The Hall–Kier alpha value is -3.42. The molecule has 0 unspecified atom stereocenters. The monoisotopic (exact) mass is 519 g/mol. The topological polar surface area (TPSA) is 59.0 Å². The molecule has 192 valence electrons. The molecule has 1 atom stereocenters. The van der Waals surface area contributed by atoms with Crippen LogP contribution in [0.3, 0.4) is 0 Å². The number of likely N-dealkylation sites (tertiary alicyclic amines) is 1. The molecule has 5 rings (SSSR count). The van der Waals surface area contributed by atoms with Gasteiger partial charge in [-0.05, 0) is 92.5 Å². The fraction of sp³-hybridized carbons (Fsp3) is 0.300. The number of unbranched alkanes of at least 4 members (excludes halogenated alkanes) is 1. The fourth-order valence-corrected chi connectivity index (χ4v) is 5.81. The Balaban J connectivity index is 1.38. The van der Waals surface area contributed by atoms with Gasteiger partial charge in [0, 0.05) is 28.7 Å². The van der Waals surface area contributed by atoms with Crippen molar-refractivity contribution in [1.29, 1.82) is 0 Å². The van der Waals surface area contributed by atoms with Gasteiger partial charge in [0.2, 0.25) is 5.78 Å². The second kappa shape index (κ2) is 10.9. The molecule has 0 aliphatic carbocycles. The van der Waals surface area contributed by atoms with Gasteiger partial charge in [-0.3, -0.25) is 9.69 Å². The van der Waals surface area contributed by atoms with Crippen LogP contribution < -0.4 is 9.47 Å². The van der Waals surface area contributed by atoms with Crippen LogP contribution in [0.15, 0.2) is 60.7 Å². The smallest absolute Gasteiger partial charge is 0.207 e. The highest BCUT2D eigenvalue weighted by molar-refractivity contribution is 7.21. The van der Waals surface area contributed by atoms with E-state index in [4.69, 9.17) is 9.47 Å². The molecular formula is C30H30FNO4S. The predicted molar refractivity (Wildman–Crippen MR) is 145 cm³/mol. The minimum atomic E-state index is -0.389. The van der Waals surface area contributed by atoms with Crippen molar-refractivity contribution in [2.75, 3.05) is 19.6 Å². The third kappa shape index (κ3) is 5.63. The van der Waals surface area contributed by atoms with Crippen LogP contribution in [-0.4, -0.2) is 41.5 Å². The number of thiophene rings is 1. The molecule has 0 radical (unpaired) electrons. The number of hydrogen-bond acceptors (Lipinski definition) is 6. The van der Waals surface area contributed by atoms with Gasteiger partial charge in [0.15, 0.2) is 5.75 Å². The first-order valence-electron chi connectivity index (χ1n) is 12.6. The summed E-state index contributed by atoms with van der Waals surface area (Å²) < 4.78 is 26.8. The summed E-state index contributed by atoms with van der Waals surface area (Å²) in [5, 5.41) is 10.7. The van der Waals surface area contributed by atoms with Crippen molar-refractivity contribution in [1.82, 2.24) is 4.90 Å². The van der Waals surface area contributed by atoms with E-state index < -0.39 is 0 Å². The van der Waals surface area contributed by atoms with E-state index in [0.717, 1.165) is 41.9 Å². The Kier molecular flexibility index (Phi) is 7.44. The van der Waals surface area contributed by atoms with Crippen molar-refractivity contribution in [3.8, 4) is 23.0 Å². The molecule has 1 aromatic heterocycles. The van der Waals surface area contributed by atoms with Crippen LogP contribution in [0.4, 0.5) is 4.39 Å². The fourth-order valence-electron chi connectivity index (χ4n) is 4.69.